The highest BCUT2D eigenvalue weighted by molar-refractivity contribution is 6.51. The van der Waals surface area contributed by atoms with Crippen LogP contribution in [-0.4, -0.2) is 28.1 Å². The summed E-state index contributed by atoms with van der Waals surface area (Å²) in [5, 5.41) is 8.68. The molecule has 0 amide bonds. The van der Waals surface area contributed by atoms with Gasteiger partial charge in [0.15, 0.2) is 17.5 Å². The SMILES string of the molecule is CCOc1ccc([C@@H]2c3c(C)nn(-c4ccccc4)c3N=C3C(Nc4cc(C)ccc4C)=Nc4ccccc4N32)cc1. The summed E-state index contributed by atoms with van der Waals surface area (Å²) in [5.41, 5.74) is 9.28. The van der Waals surface area contributed by atoms with Crippen LogP contribution in [0.4, 0.5) is 22.9 Å². The molecule has 7 nitrogen and oxygen atoms in total. The van der Waals surface area contributed by atoms with Gasteiger partial charge in [0.05, 0.1) is 35.4 Å². The average molecular weight is 553 g/mol. The Bertz CT molecular complexity index is 1850. The molecule has 3 heterocycles. The van der Waals surface area contributed by atoms with Crippen molar-refractivity contribution in [3.8, 4) is 11.4 Å². The molecule has 0 unspecified atom stereocenters. The lowest BCUT2D eigenvalue weighted by atomic mass is 9.93. The molecule has 0 bridgehead atoms. The third-order valence-electron chi connectivity index (χ3n) is 7.79. The second kappa shape index (κ2) is 10.3. The number of benzene rings is 4. The van der Waals surface area contributed by atoms with Crippen LogP contribution in [0.1, 0.15) is 40.9 Å². The predicted octanol–water partition coefficient (Wildman–Crippen LogP) is 7.99. The van der Waals surface area contributed by atoms with Crippen molar-refractivity contribution >= 4 is 34.6 Å². The summed E-state index contributed by atoms with van der Waals surface area (Å²) in [7, 11) is 0. The number of ether oxygens (including phenoxy) is 1. The van der Waals surface area contributed by atoms with E-state index in [1.165, 1.54) is 5.56 Å². The molecule has 1 aromatic heterocycles. The molecule has 0 saturated heterocycles. The van der Waals surface area contributed by atoms with E-state index in [9.17, 15) is 0 Å². The first-order valence-corrected chi connectivity index (χ1v) is 14.3. The highest BCUT2D eigenvalue weighted by atomic mass is 16.5. The van der Waals surface area contributed by atoms with Gasteiger partial charge in [0.1, 0.15) is 5.75 Å². The van der Waals surface area contributed by atoms with Gasteiger partial charge in [-0.3, -0.25) is 0 Å². The van der Waals surface area contributed by atoms with E-state index in [1.807, 2.05) is 48.0 Å². The number of aryl methyl sites for hydroxylation is 3. The van der Waals surface area contributed by atoms with Crippen molar-refractivity contribution in [2.24, 2.45) is 9.98 Å². The predicted molar refractivity (Wildman–Crippen MR) is 170 cm³/mol. The molecule has 7 rings (SSSR count). The zero-order valence-corrected chi connectivity index (χ0v) is 24.2. The fraction of sp³-hybridized carbons (Fsp3) is 0.171. The Morgan fingerprint density at radius 3 is 2.38 bits per heavy atom. The number of aliphatic imine (C=N–C) groups is 2. The molecular weight excluding hydrogens is 520 g/mol. The van der Waals surface area contributed by atoms with Crippen LogP contribution in [0, 0.1) is 20.8 Å². The molecule has 4 aromatic carbocycles. The van der Waals surface area contributed by atoms with E-state index in [1.54, 1.807) is 0 Å². The maximum absolute atomic E-state index is 5.79. The maximum atomic E-state index is 5.79. The molecular formula is C35H32N6O. The molecule has 0 fully saturated rings. The van der Waals surface area contributed by atoms with Crippen LogP contribution in [0.3, 0.4) is 0 Å². The van der Waals surface area contributed by atoms with Crippen LogP contribution < -0.4 is 15.0 Å². The van der Waals surface area contributed by atoms with Gasteiger partial charge in [0.2, 0.25) is 0 Å². The largest absolute Gasteiger partial charge is 0.494 e. The Kier molecular flexibility index (Phi) is 6.35. The van der Waals surface area contributed by atoms with Gasteiger partial charge < -0.3 is 15.0 Å². The van der Waals surface area contributed by atoms with E-state index in [2.05, 4.69) is 91.7 Å². The normalized spacial score (nSPS) is 15.2. The number of hydrogen-bond acceptors (Lipinski definition) is 6. The van der Waals surface area contributed by atoms with Crippen molar-refractivity contribution in [2.45, 2.75) is 33.7 Å². The lowest BCUT2D eigenvalue weighted by Gasteiger charge is -2.40. The van der Waals surface area contributed by atoms with E-state index in [-0.39, 0.29) is 6.04 Å². The second-order valence-corrected chi connectivity index (χ2v) is 10.7. The number of rotatable bonds is 5. The van der Waals surface area contributed by atoms with Crippen molar-refractivity contribution in [1.82, 2.24) is 9.78 Å². The molecule has 0 aliphatic carbocycles. The molecule has 208 valence electrons. The smallest absolute Gasteiger partial charge is 0.179 e. The highest BCUT2D eigenvalue weighted by Gasteiger charge is 2.41. The van der Waals surface area contributed by atoms with Crippen molar-refractivity contribution in [3.63, 3.8) is 0 Å². The third kappa shape index (κ3) is 4.34. The molecule has 5 aromatic rings. The van der Waals surface area contributed by atoms with Gasteiger partial charge in [0, 0.05) is 11.3 Å². The minimum absolute atomic E-state index is 0.187. The standard InChI is InChI=1S/C35H32N6O/c1-5-42-27-19-17-25(18-20-27)32-31-24(4)39-41(26-11-7-6-8-12-26)34(31)38-35-33(37-29-21-22(2)15-16-23(29)3)36-28-13-9-10-14-30(28)40(32)35/h6-21,32H,5H2,1-4H3,(H,36,37)/t32-/m1/s1. The molecule has 0 radical (unpaired) electrons. The topological polar surface area (TPSA) is 67.0 Å². The minimum atomic E-state index is -0.187. The summed E-state index contributed by atoms with van der Waals surface area (Å²) in [6.45, 7) is 8.89. The van der Waals surface area contributed by atoms with Crippen molar-refractivity contribution in [2.75, 3.05) is 16.8 Å². The molecule has 42 heavy (non-hydrogen) atoms. The first kappa shape index (κ1) is 25.8. The van der Waals surface area contributed by atoms with Crippen molar-refractivity contribution in [1.29, 1.82) is 0 Å². The molecule has 2 aliphatic heterocycles. The van der Waals surface area contributed by atoms with Crippen LogP contribution in [0.15, 0.2) is 107 Å². The number of nitrogens with one attached hydrogen (secondary N) is 1. The summed E-state index contributed by atoms with van der Waals surface area (Å²) in [6.07, 6.45) is 0. The van der Waals surface area contributed by atoms with Gasteiger partial charge in [0.25, 0.3) is 0 Å². The van der Waals surface area contributed by atoms with Gasteiger partial charge in [-0.1, -0.05) is 54.6 Å². The average Bonchev–Trinajstić information content (AvgIpc) is 3.35. The number of para-hydroxylation sites is 3. The molecule has 1 atom stereocenters. The number of anilines is 2. The molecule has 0 spiro atoms. The Hall–Kier alpha value is -5.17. The zero-order valence-electron chi connectivity index (χ0n) is 24.2. The van der Waals surface area contributed by atoms with Crippen LogP contribution in [0.2, 0.25) is 0 Å². The van der Waals surface area contributed by atoms with Crippen LogP contribution in [0.5, 0.6) is 5.75 Å². The van der Waals surface area contributed by atoms with E-state index < -0.39 is 0 Å². The summed E-state index contributed by atoms with van der Waals surface area (Å²) >= 11 is 0. The number of amidine groups is 2. The minimum Gasteiger partial charge on any atom is -0.494 e. The molecule has 2 aliphatic rings. The number of fused-ring (bicyclic) bond motifs is 4. The van der Waals surface area contributed by atoms with Gasteiger partial charge in [-0.15, -0.1) is 0 Å². The van der Waals surface area contributed by atoms with E-state index >= 15 is 0 Å². The molecule has 1 N–H and O–H groups in total. The monoisotopic (exact) mass is 552 g/mol. The van der Waals surface area contributed by atoms with Gasteiger partial charge >= 0.3 is 0 Å². The lowest BCUT2D eigenvalue weighted by Crippen LogP contribution is -2.46. The van der Waals surface area contributed by atoms with Gasteiger partial charge in [-0.25, -0.2) is 14.7 Å². The third-order valence-corrected chi connectivity index (χ3v) is 7.79. The summed E-state index contributed by atoms with van der Waals surface area (Å²) < 4.78 is 7.74. The van der Waals surface area contributed by atoms with Crippen molar-refractivity contribution in [3.05, 3.63) is 125 Å². The highest BCUT2D eigenvalue weighted by Crippen LogP contribution is 2.48. The first-order valence-electron chi connectivity index (χ1n) is 14.3. The lowest BCUT2D eigenvalue weighted by molar-refractivity contribution is 0.340. The van der Waals surface area contributed by atoms with Crippen molar-refractivity contribution < 1.29 is 4.74 Å². The molecule has 0 saturated carbocycles. The summed E-state index contributed by atoms with van der Waals surface area (Å²) in [4.78, 5) is 12.8. The van der Waals surface area contributed by atoms with Gasteiger partial charge in [-0.2, -0.15) is 5.10 Å². The van der Waals surface area contributed by atoms with Crippen LogP contribution in [0.25, 0.3) is 5.69 Å². The second-order valence-electron chi connectivity index (χ2n) is 10.7. The van der Waals surface area contributed by atoms with Gasteiger partial charge in [-0.05, 0) is 86.8 Å². The summed E-state index contributed by atoms with van der Waals surface area (Å²) in [6, 6.07) is 33.0. The zero-order chi connectivity index (χ0) is 28.8. The van der Waals surface area contributed by atoms with E-state index in [4.69, 9.17) is 19.8 Å². The Morgan fingerprint density at radius 1 is 0.833 bits per heavy atom. The Balaban J connectivity index is 1.48. The Labute approximate surface area is 245 Å². The van der Waals surface area contributed by atoms with E-state index in [0.717, 1.165) is 62.5 Å². The first-order chi connectivity index (χ1) is 20.5. The fourth-order valence-corrected chi connectivity index (χ4v) is 5.77. The van der Waals surface area contributed by atoms with Crippen LogP contribution >= 0.6 is 0 Å². The number of aromatic nitrogens is 2. The van der Waals surface area contributed by atoms with E-state index in [0.29, 0.717) is 12.4 Å². The number of nitrogens with zero attached hydrogens (tertiary/aromatic N) is 5. The maximum Gasteiger partial charge on any atom is 0.179 e. The summed E-state index contributed by atoms with van der Waals surface area (Å²) in [5.74, 6) is 3.10. The Morgan fingerprint density at radius 2 is 1.60 bits per heavy atom. The van der Waals surface area contributed by atoms with Crippen LogP contribution in [-0.2, 0) is 0 Å². The number of hydrogen-bond donors (Lipinski definition) is 1. The fourth-order valence-electron chi connectivity index (χ4n) is 5.77. The quantitative estimate of drug-likeness (QED) is 0.240. The molecule has 7 heteroatoms.